The Bertz CT molecular complexity index is 742. The zero-order valence-electron chi connectivity index (χ0n) is 9.51. The van der Waals surface area contributed by atoms with Crippen LogP contribution in [0.3, 0.4) is 0 Å². The van der Waals surface area contributed by atoms with Crippen LogP contribution in [0.15, 0.2) is 34.2 Å². The van der Waals surface area contributed by atoms with Crippen LogP contribution in [0.1, 0.15) is 16.1 Å². The Morgan fingerprint density at radius 2 is 2.17 bits per heavy atom. The molecule has 0 spiro atoms. The average Bonchev–Trinajstić information content (AvgIpc) is 2.92. The normalized spacial score (nSPS) is 10.9. The van der Waals surface area contributed by atoms with Gasteiger partial charge in [-0.1, -0.05) is 23.4 Å². The van der Waals surface area contributed by atoms with Gasteiger partial charge in [-0.25, -0.2) is 4.79 Å². The molecule has 1 N–H and O–H groups in total. The number of fused-ring (bicyclic) bond motifs is 1. The van der Waals surface area contributed by atoms with Crippen LogP contribution in [0.2, 0.25) is 0 Å². The van der Waals surface area contributed by atoms with E-state index in [2.05, 4.69) is 5.16 Å². The van der Waals surface area contributed by atoms with E-state index in [1.54, 1.807) is 18.3 Å². The predicted molar refractivity (Wildman–Crippen MR) is 69.0 cm³/mol. The predicted octanol–water partition coefficient (Wildman–Crippen LogP) is 3.56. The summed E-state index contributed by atoms with van der Waals surface area (Å²) in [6.45, 7) is 1.61. The first-order chi connectivity index (χ1) is 8.68. The van der Waals surface area contributed by atoms with Crippen molar-refractivity contribution in [1.82, 2.24) is 5.16 Å². The minimum absolute atomic E-state index is 0.138. The van der Waals surface area contributed by atoms with Crippen molar-refractivity contribution in [3.8, 4) is 11.3 Å². The van der Waals surface area contributed by atoms with Crippen LogP contribution < -0.4 is 0 Å². The van der Waals surface area contributed by atoms with Crippen molar-refractivity contribution in [3.05, 3.63) is 41.0 Å². The van der Waals surface area contributed by atoms with E-state index in [1.165, 1.54) is 0 Å². The molecule has 0 unspecified atom stereocenters. The van der Waals surface area contributed by atoms with Crippen molar-refractivity contribution in [1.29, 1.82) is 0 Å². The molecule has 1 aromatic carbocycles. The number of hydrogen-bond acceptors (Lipinski definition) is 4. The van der Waals surface area contributed by atoms with Crippen LogP contribution in [0.4, 0.5) is 0 Å². The molecule has 0 radical (unpaired) electrons. The highest BCUT2D eigenvalue weighted by Gasteiger charge is 2.22. The van der Waals surface area contributed by atoms with Gasteiger partial charge in [-0.05, 0) is 13.0 Å². The molecular weight excluding hydrogens is 250 g/mol. The first-order valence-electron chi connectivity index (χ1n) is 5.34. The van der Waals surface area contributed by atoms with Gasteiger partial charge in [0, 0.05) is 21.0 Å². The van der Waals surface area contributed by atoms with Crippen LogP contribution in [0.5, 0.6) is 0 Å². The molecule has 0 amide bonds. The van der Waals surface area contributed by atoms with E-state index in [0.717, 1.165) is 15.6 Å². The molecule has 5 heteroatoms. The van der Waals surface area contributed by atoms with Crippen LogP contribution in [-0.2, 0) is 0 Å². The van der Waals surface area contributed by atoms with Gasteiger partial charge in [0.2, 0.25) is 0 Å². The first kappa shape index (κ1) is 11.0. The maximum Gasteiger partial charge on any atom is 0.341 e. The molecule has 0 fully saturated rings. The third-order valence-electron chi connectivity index (χ3n) is 2.81. The number of carbonyl (C=O) groups is 1. The molecule has 0 bridgehead atoms. The maximum atomic E-state index is 11.2. The van der Waals surface area contributed by atoms with Gasteiger partial charge >= 0.3 is 5.97 Å². The van der Waals surface area contributed by atoms with Crippen LogP contribution >= 0.6 is 11.3 Å². The fraction of sp³-hybridized carbons (Fsp3) is 0.0769. The summed E-state index contributed by atoms with van der Waals surface area (Å²) in [7, 11) is 0. The van der Waals surface area contributed by atoms with Gasteiger partial charge in [0.1, 0.15) is 17.0 Å². The molecule has 18 heavy (non-hydrogen) atoms. The third-order valence-corrected chi connectivity index (χ3v) is 3.78. The number of carboxylic acid groups (broad SMARTS) is 1. The molecule has 0 saturated heterocycles. The zero-order valence-corrected chi connectivity index (χ0v) is 10.3. The SMILES string of the molecule is Cc1onc(-c2csc3ccccc23)c1C(=O)O. The summed E-state index contributed by atoms with van der Waals surface area (Å²) >= 11 is 1.56. The highest BCUT2D eigenvalue weighted by Crippen LogP contribution is 2.35. The number of aromatic carboxylic acids is 1. The van der Waals surface area contributed by atoms with E-state index in [-0.39, 0.29) is 5.56 Å². The van der Waals surface area contributed by atoms with E-state index >= 15 is 0 Å². The molecule has 3 aromatic rings. The van der Waals surface area contributed by atoms with E-state index in [9.17, 15) is 9.90 Å². The molecule has 3 rings (SSSR count). The second-order valence-electron chi connectivity index (χ2n) is 3.91. The molecule has 0 atom stereocenters. The van der Waals surface area contributed by atoms with E-state index in [4.69, 9.17) is 4.52 Å². The zero-order chi connectivity index (χ0) is 12.7. The number of rotatable bonds is 2. The number of benzene rings is 1. The lowest BCUT2D eigenvalue weighted by molar-refractivity contribution is 0.0696. The van der Waals surface area contributed by atoms with Crippen molar-refractivity contribution in [3.63, 3.8) is 0 Å². The summed E-state index contributed by atoms with van der Waals surface area (Å²) in [6, 6.07) is 7.83. The Hall–Kier alpha value is -2.14. The topological polar surface area (TPSA) is 63.3 Å². The summed E-state index contributed by atoms with van der Waals surface area (Å²) in [5, 5.41) is 16.0. The number of hydrogen-bond donors (Lipinski definition) is 1. The van der Waals surface area contributed by atoms with Crippen molar-refractivity contribution in [2.24, 2.45) is 0 Å². The van der Waals surface area contributed by atoms with E-state index in [0.29, 0.717) is 11.5 Å². The number of aryl methyl sites for hydroxylation is 1. The second kappa shape index (κ2) is 3.96. The Balaban J connectivity index is 2.30. The van der Waals surface area contributed by atoms with Gasteiger partial charge in [0.05, 0.1) is 0 Å². The third kappa shape index (κ3) is 1.52. The summed E-state index contributed by atoms with van der Waals surface area (Å²) in [5.74, 6) is -0.688. The van der Waals surface area contributed by atoms with Gasteiger partial charge in [0.25, 0.3) is 0 Å². The standard InChI is InChI=1S/C13H9NO3S/c1-7-11(13(15)16)12(14-17-7)9-6-18-10-5-3-2-4-8(9)10/h2-6H,1H3,(H,15,16). The minimum atomic E-state index is -1.01. The second-order valence-corrected chi connectivity index (χ2v) is 4.82. The molecule has 0 saturated carbocycles. The van der Waals surface area contributed by atoms with Crippen molar-refractivity contribution in [2.45, 2.75) is 6.92 Å². The van der Waals surface area contributed by atoms with Gasteiger partial charge < -0.3 is 9.63 Å². The number of thiophene rings is 1. The van der Waals surface area contributed by atoms with Gasteiger partial charge in [0.15, 0.2) is 0 Å². The van der Waals surface area contributed by atoms with E-state index < -0.39 is 5.97 Å². The van der Waals surface area contributed by atoms with Crippen molar-refractivity contribution < 1.29 is 14.4 Å². The number of aromatic nitrogens is 1. The summed E-state index contributed by atoms with van der Waals surface area (Å²) < 4.78 is 6.10. The quantitative estimate of drug-likeness (QED) is 0.764. The lowest BCUT2D eigenvalue weighted by Crippen LogP contribution is -1.98. The molecule has 0 aliphatic heterocycles. The maximum absolute atomic E-state index is 11.2. The molecule has 4 nitrogen and oxygen atoms in total. The smallest absolute Gasteiger partial charge is 0.341 e. The highest BCUT2D eigenvalue weighted by atomic mass is 32.1. The Morgan fingerprint density at radius 3 is 2.94 bits per heavy atom. The van der Waals surface area contributed by atoms with Crippen LogP contribution in [0.25, 0.3) is 21.3 Å². The minimum Gasteiger partial charge on any atom is -0.477 e. The summed E-state index contributed by atoms with van der Waals surface area (Å²) in [5.41, 5.74) is 1.35. The molecule has 90 valence electrons. The molecule has 2 heterocycles. The van der Waals surface area contributed by atoms with E-state index in [1.807, 2.05) is 29.6 Å². The Kier molecular flexibility index (Phi) is 2.41. The Labute approximate surface area is 106 Å². The average molecular weight is 259 g/mol. The van der Waals surface area contributed by atoms with Gasteiger partial charge in [-0.2, -0.15) is 0 Å². The van der Waals surface area contributed by atoms with Crippen LogP contribution in [-0.4, -0.2) is 16.2 Å². The highest BCUT2D eigenvalue weighted by molar-refractivity contribution is 7.17. The van der Waals surface area contributed by atoms with Crippen molar-refractivity contribution in [2.75, 3.05) is 0 Å². The first-order valence-corrected chi connectivity index (χ1v) is 6.22. The Morgan fingerprint density at radius 1 is 1.39 bits per heavy atom. The lowest BCUT2D eigenvalue weighted by Gasteiger charge is -1.96. The molecular formula is C13H9NO3S. The fourth-order valence-electron chi connectivity index (χ4n) is 1.97. The van der Waals surface area contributed by atoms with Gasteiger partial charge in [-0.15, -0.1) is 11.3 Å². The summed E-state index contributed by atoms with van der Waals surface area (Å²) in [6.07, 6.45) is 0. The molecule has 0 aliphatic rings. The largest absolute Gasteiger partial charge is 0.477 e. The van der Waals surface area contributed by atoms with Crippen LogP contribution in [0, 0.1) is 6.92 Å². The monoisotopic (exact) mass is 259 g/mol. The fourth-order valence-corrected chi connectivity index (χ4v) is 2.91. The summed E-state index contributed by atoms with van der Waals surface area (Å²) in [4.78, 5) is 11.2. The number of carboxylic acids is 1. The van der Waals surface area contributed by atoms with Crippen molar-refractivity contribution >= 4 is 27.4 Å². The molecule has 0 aliphatic carbocycles. The van der Waals surface area contributed by atoms with Gasteiger partial charge in [-0.3, -0.25) is 0 Å². The lowest BCUT2D eigenvalue weighted by atomic mass is 10.1. The molecule has 2 aromatic heterocycles. The number of nitrogens with zero attached hydrogens (tertiary/aromatic N) is 1.